The van der Waals surface area contributed by atoms with E-state index < -0.39 is 18.3 Å². The molecule has 4 rings (SSSR count). The Balaban J connectivity index is 2.01. The van der Waals surface area contributed by atoms with E-state index in [1.807, 2.05) is 83.2 Å². The van der Waals surface area contributed by atoms with Crippen molar-refractivity contribution in [3.8, 4) is 16.9 Å². The van der Waals surface area contributed by atoms with Crippen LogP contribution in [0.25, 0.3) is 22.0 Å². The second-order valence-electron chi connectivity index (χ2n) is 8.97. The standard InChI is InChI=1S/C23H27BClN3O3/c1-22(2)23(3,4)31-24(30-22)18-12-16(14-9-8-10-15(25)11-14)17-13-26-21(28(5)6)27-19(17)20(18)29-7/h8-13H,1-7H3. The third-order valence-corrected chi connectivity index (χ3v) is 6.33. The fourth-order valence-corrected chi connectivity index (χ4v) is 3.84. The summed E-state index contributed by atoms with van der Waals surface area (Å²) in [7, 11) is 4.85. The maximum absolute atomic E-state index is 6.35. The molecule has 162 valence electrons. The van der Waals surface area contributed by atoms with Gasteiger partial charge in [0.1, 0.15) is 11.3 Å². The van der Waals surface area contributed by atoms with Crippen molar-refractivity contribution in [1.82, 2.24) is 9.97 Å². The number of aromatic nitrogens is 2. The quantitative estimate of drug-likeness (QED) is 0.564. The van der Waals surface area contributed by atoms with E-state index in [0.29, 0.717) is 22.2 Å². The monoisotopic (exact) mass is 439 g/mol. The molecule has 0 aliphatic carbocycles. The van der Waals surface area contributed by atoms with E-state index in [-0.39, 0.29) is 0 Å². The van der Waals surface area contributed by atoms with Gasteiger partial charge in [0.25, 0.3) is 0 Å². The molecule has 6 nitrogen and oxygen atoms in total. The van der Waals surface area contributed by atoms with Crippen LogP contribution in [0.2, 0.25) is 5.02 Å². The summed E-state index contributed by atoms with van der Waals surface area (Å²) in [6.07, 6.45) is 1.82. The van der Waals surface area contributed by atoms with Gasteiger partial charge in [-0.3, -0.25) is 0 Å². The number of hydrogen-bond donors (Lipinski definition) is 0. The Morgan fingerprint density at radius 3 is 2.32 bits per heavy atom. The Morgan fingerprint density at radius 2 is 1.74 bits per heavy atom. The molecule has 8 heteroatoms. The van der Waals surface area contributed by atoms with E-state index in [1.54, 1.807) is 7.11 Å². The molecule has 3 aromatic rings. The first-order valence-corrected chi connectivity index (χ1v) is 10.6. The molecule has 1 aliphatic heterocycles. The molecule has 0 amide bonds. The first-order chi connectivity index (χ1) is 14.5. The highest BCUT2D eigenvalue weighted by Gasteiger charge is 2.52. The van der Waals surface area contributed by atoms with Gasteiger partial charge in [0.15, 0.2) is 0 Å². The molecule has 1 aliphatic rings. The second kappa shape index (κ2) is 7.66. The van der Waals surface area contributed by atoms with Crippen LogP contribution in [0.5, 0.6) is 5.75 Å². The summed E-state index contributed by atoms with van der Waals surface area (Å²) >= 11 is 6.30. The summed E-state index contributed by atoms with van der Waals surface area (Å²) in [6, 6.07) is 9.76. The Kier molecular flexibility index (Phi) is 5.40. The van der Waals surface area contributed by atoms with Gasteiger partial charge < -0.3 is 18.9 Å². The molecular weight excluding hydrogens is 413 g/mol. The van der Waals surface area contributed by atoms with Gasteiger partial charge in [-0.05, 0) is 51.0 Å². The van der Waals surface area contributed by atoms with Gasteiger partial charge in [-0.15, -0.1) is 0 Å². The van der Waals surface area contributed by atoms with E-state index >= 15 is 0 Å². The van der Waals surface area contributed by atoms with Crippen LogP contribution in [0.15, 0.2) is 36.5 Å². The molecule has 0 spiro atoms. The average Bonchev–Trinajstić information content (AvgIpc) is 2.93. The number of methoxy groups -OCH3 is 1. The minimum Gasteiger partial charge on any atom is -0.495 e. The van der Waals surface area contributed by atoms with Crippen LogP contribution < -0.4 is 15.1 Å². The maximum atomic E-state index is 6.35. The second-order valence-corrected chi connectivity index (χ2v) is 9.41. The molecule has 2 heterocycles. The Hall–Kier alpha value is -2.35. The van der Waals surface area contributed by atoms with Gasteiger partial charge in [0.2, 0.25) is 5.95 Å². The predicted octanol–water partition coefficient (Wildman–Crippen LogP) is 4.32. The van der Waals surface area contributed by atoms with Crippen molar-refractivity contribution < 1.29 is 14.0 Å². The molecule has 0 atom stereocenters. The predicted molar refractivity (Wildman–Crippen MR) is 127 cm³/mol. The van der Waals surface area contributed by atoms with E-state index in [1.165, 1.54) is 0 Å². The summed E-state index contributed by atoms with van der Waals surface area (Å²) in [4.78, 5) is 11.2. The van der Waals surface area contributed by atoms with Gasteiger partial charge in [0, 0.05) is 36.2 Å². The van der Waals surface area contributed by atoms with Crippen molar-refractivity contribution >= 4 is 41.0 Å². The molecule has 0 bridgehead atoms. The van der Waals surface area contributed by atoms with Crippen LogP contribution in [-0.2, 0) is 9.31 Å². The molecule has 1 saturated heterocycles. The van der Waals surface area contributed by atoms with Gasteiger partial charge in [-0.2, -0.15) is 0 Å². The number of benzene rings is 2. The number of rotatable bonds is 4. The van der Waals surface area contributed by atoms with Crippen LogP contribution in [-0.4, -0.2) is 49.5 Å². The van der Waals surface area contributed by atoms with Gasteiger partial charge >= 0.3 is 7.12 Å². The van der Waals surface area contributed by atoms with Crippen molar-refractivity contribution in [3.05, 3.63) is 41.6 Å². The Morgan fingerprint density at radius 1 is 1.06 bits per heavy atom. The minimum atomic E-state index is -0.597. The van der Waals surface area contributed by atoms with Crippen molar-refractivity contribution in [3.63, 3.8) is 0 Å². The van der Waals surface area contributed by atoms with E-state index in [2.05, 4.69) is 4.98 Å². The summed E-state index contributed by atoms with van der Waals surface area (Å²) in [5.74, 6) is 1.21. The fraction of sp³-hybridized carbons (Fsp3) is 0.391. The molecule has 31 heavy (non-hydrogen) atoms. The first-order valence-electron chi connectivity index (χ1n) is 10.2. The van der Waals surface area contributed by atoms with Gasteiger partial charge in [0.05, 0.1) is 18.3 Å². The first kappa shape index (κ1) is 21.9. The van der Waals surface area contributed by atoms with Crippen LogP contribution in [0, 0.1) is 0 Å². The van der Waals surface area contributed by atoms with Gasteiger partial charge in [-0.1, -0.05) is 29.8 Å². The smallest absolute Gasteiger partial charge is 0.495 e. The van der Waals surface area contributed by atoms with Crippen molar-refractivity contribution in [1.29, 1.82) is 0 Å². The zero-order chi connectivity index (χ0) is 22.6. The van der Waals surface area contributed by atoms with E-state index in [4.69, 9.17) is 30.6 Å². The normalized spacial score (nSPS) is 17.2. The molecule has 0 unspecified atom stereocenters. The number of anilines is 1. The number of fused-ring (bicyclic) bond motifs is 1. The lowest BCUT2D eigenvalue weighted by atomic mass is 9.76. The zero-order valence-electron chi connectivity index (χ0n) is 19.0. The van der Waals surface area contributed by atoms with Gasteiger partial charge in [-0.25, -0.2) is 9.97 Å². The maximum Gasteiger partial charge on any atom is 0.498 e. The van der Waals surface area contributed by atoms with Crippen molar-refractivity contribution in [2.45, 2.75) is 38.9 Å². The molecule has 2 aromatic carbocycles. The van der Waals surface area contributed by atoms with Crippen LogP contribution in [0.4, 0.5) is 5.95 Å². The van der Waals surface area contributed by atoms with E-state index in [9.17, 15) is 0 Å². The third-order valence-electron chi connectivity index (χ3n) is 6.09. The largest absolute Gasteiger partial charge is 0.498 e. The highest BCUT2D eigenvalue weighted by Crippen LogP contribution is 2.40. The Labute approximate surface area is 188 Å². The van der Waals surface area contributed by atoms with Crippen LogP contribution >= 0.6 is 11.6 Å². The zero-order valence-corrected chi connectivity index (χ0v) is 19.7. The number of hydrogen-bond acceptors (Lipinski definition) is 6. The molecule has 1 aromatic heterocycles. The van der Waals surface area contributed by atoms with Crippen LogP contribution in [0.3, 0.4) is 0 Å². The van der Waals surface area contributed by atoms with E-state index in [0.717, 1.165) is 22.0 Å². The molecule has 1 fully saturated rings. The SMILES string of the molecule is COc1c(B2OC(C)(C)C(C)(C)O2)cc(-c2cccc(Cl)c2)c2cnc(N(C)C)nc12. The Bertz CT molecular complexity index is 1130. The molecule has 0 N–H and O–H groups in total. The topological polar surface area (TPSA) is 56.7 Å². The number of halogens is 1. The number of ether oxygens (including phenoxy) is 1. The summed E-state index contributed by atoms with van der Waals surface area (Å²) in [5.41, 5.74) is 2.42. The minimum absolute atomic E-state index is 0.478. The fourth-order valence-electron chi connectivity index (χ4n) is 3.65. The molecule has 0 saturated carbocycles. The van der Waals surface area contributed by atoms with Crippen molar-refractivity contribution in [2.24, 2.45) is 0 Å². The lowest BCUT2D eigenvalue weighted by Crippen LogP contribution is -2.41. The van der Waals surface area contributed by atoms with Crippen molar-refractivity contribution in [2.75, 3.05) is 26.1 Å². The highest BCUT2D eigenvalue weighted by molar-refractivity contribution is 6.64. The number of nitrogens with zero attached hydrogens (tertiary/aromatic N) is 3. The average molecular weight is 440 g/mol. The summed E-state index contributed by atoms with van der Waals surface area (Å²) in [5, 5.41) is 1.52. The summed E-state index contributed by atoms with van der Waals surface area (Å²) in [6.45, 7) is 8.13. The summed E-state index contributed by atoms with van der Waals surface area (Å²) < 4.78 is 18.6. The lowest BCUT2D eigenvalue weighted by Gasteiger charge is -2.32. The molecular formula is C23H27BClN3O3. The lowest BCUT2D eigenvalue weighted by molar-refractivity contribution is 0.00578. The third kappa shape index (κ3) is 3.75. The molecule has 0 radical (unpaired) electrons. The highest BCUT2D eigenvalue weighted by atomic mass is 35.5. The van der Waals surface area contributed by atoms with Crippen LogP contribution in [0.1, 0.15) is 27.7 Å².